The van der Waals surface area contributed by atoms with Gasteiger partial charge in [0.05, 0.1) is 12.9 Å². The van der Waals surface area contributed by atoms with Crippen LogP contribution in [0.2, 0.25) is 0 Å². The number of aliphatic hydroxyl groups excluding tert-OH is 1. The normalized spacial score (nSPS) is 11.8. The van der Waals surface area contributed by atoms with Crippen LogP contribution < -0.4 is 10.6 Å². The highest BCUT2D eigenvalue weighted by molar-refractivity contribution is 6.10. The van der Waals surface area contributed by atoms with Crippen molar-refractivity contribution in [1.29, 1.82) is 0 Å². The molecule has 0 saturated heterocycles. The molecule has 1 aromatic carbocycles. The average Bonchev–Trinajstić information content (AvgIpc) is 2.96. The van der Waals surface area contributed by atoms with Crippen molar-refractivity contribution in [2.75, 3.05) is 11.9 Å². The summed E-state index contributed by atoms with van der Waals surface area (Å²) in [5, 5.41) is 14.2. The molecule has 116 valence electrons. The molecule has 4 N–H and O–H groups in total. The predicted octanol–water partition coefficient (Wildman–Crippen LogP) is 1.08. The summed E-state index contributed by atoms with van der Waals surface area (Å²) < 4.78 is 0. The number of nitrogens with zero attached hydrogens (tertiary/aromatic N) is 1. The van der Waals surface area contributed by atoms with Gasteiger partial charge in [0.25, 0.3) is 11.8 Å². The molecular formula is C15H18N4O3. The van der Waals surface area contributed by atoms with E-state index < -0.39 is 17.9 Å². The Balaban J connectivity index is 2.14. The highest BCUT2D eigenvalue weighted by Crippen LogP contribution is 2.12. The first kappa shape index (κ1) is 15.7. The van der Waals surface area contributed by atoms with Crippen LogP contribution in [0.5, 0.6) is 0 Å². The Hall–Kier alpha value is -2.67. The summed E-state index contributed by atoms with van der Waals surface area (Å²) in [4.78, 5) is 30.8. The number of aromatic nitrogens is 2. The fourth-order valence-electron chi connectivity index (χ4n) is 1.89. The minimum Gasteiger partial charge on any atom is -0.394 e. The Labute approximate surface area is 127 Å². The molecule has 0 bridgehead atoms. The average molecular weight is 302 g/mol. The van der Waals surface area contributed by atoms with Gasteiger partial charge in [-0.25, -0.2) is 4.98 Å². The molecule has 0 aliphatic heterocycles. The molecule has 7 nitrogen and oxygen atoms in total. The zero-order chi connectivity index (χ0) is 16.1. The number of aryl methyl sites for hydroxylation is 1. The smallest absolute Gasteiger partial charge is 0.276 e. The lowest BCUT2D eigenvalue weighted by atomic mass is 10.2. The minimum absolute atomic E-state index is 0.00384. The first-order chi connectivity index (χ1) is 10.5. The van der Waals surface area contributed by atoms with Crippen LogP contribution in [0.4, 0.5) is 5.69 Å². The molecular weight excluding hydrogens is 284 g/mol. The molecule has 2 aromatic rings. The van der Waals surface area contributed by atoms with Crippen molar-refractivity contribution in [3.63, 3.8) is 0 Å². The molecule has 0 unspecified atom stereocenters. The topological polar surface area (TPSA) is 107 Å². The Morgan fingerprint density at radius 1 is 1.36 bits per heavy atom. The Kier molecular flexibility index (Phi) is 4.90. The van der Waals surface area contributed by atoms with E-state index in [9.17, 15) is 9.59 Å². The van der Waals surface area contributed by atoms with E-state index in [1.54, 1.807) is 13.0 Å². The quantitative estimate of drug-likeness (QED) is 0.663. The lowest BCUT2D eigenvalue weighted by Crippen LogP contribution is -2.36. The number of rotatable bonds is 5. The van der Waals surface area contributed by atoms with Crippen LogP contribution in [0.3, 0.4) is 0 Å². The lowest BCUT2D eigenvalue weighted by molar-refractivity contribution is 0.0907. The van der Waals surface area contributed by atoms with Crippen molar-refractivity contribution in [2.45, 2.75) is 19.9 Å². The van der Waals surface area contributed by atoms with E-state index in [0.29, 0.717) is 5.69 Å². The molecule has 1 aromatic heterocycles. The van der Waals surface area contributed by atoms with E-state index in [2.05, 4.69) is 20.6 Å². The summed E-state index contributed by atoms with van der Waals surface area (Å²) >= 11 is 0. The number of imidazole rings is 1. The lowest BCUT2D eigenvalue weighted by Gasteiger charge is -2.10. The highest BCUT2D eigenvalue weighted by atomic mass is 16.3. The first-order valence-electron chi connectivity index (χ1n) is 6.84. The van der Waals surface area contributed by atoms with Crippen molar-refractivity contribution in [3.8, 4) is 0 Å². The third-order valence-electron chi connectivity index (χ3n) is 3.01. The zero-order valence-corrected chi connectivity index (χ0v) is 12.4. The largest absolute Gasteiger partial charge is 0.394 e. The van der Waals surface area contributed by atoms with Crippen molar-refractivity contribution in [3.05, 3.63) is 47.5 Å². The van der Waals surface area contributed by atoms with E-state index in [1.165, 1.54) is 6.33 Å². The maximum Gasteiger partial charge on any atom is 0.276 e. The molecule has 0 fully saturated rings. The molecule has 0 aliphatic carbocycles. The Bertz CT molecular complexity index is 681. The van der Waals surface area contributed by atoms with Crippen molar-refractivity contribution in [1.82, 2.24) is 15.3 Å². The molecule has 0 radical (unpaired) electrons. The van der Waals surface area contributed by atoms with Crippen LogP contribution in [0, 0.1) is 6.92 Å². The van der Waals surface area contributed by atoms with Gasteiger partial charge in [0.15, 0.2) is 5.69 Å². The first-order valence-corrected chi connectivity index (χ1v) is 6.84. The molecule has 0 saturated carbocycles. The summed E-state index contributed by atoms with van der Waals surface area (Å²) in [5.41, 5.74) is 1.70. The van der Waals surface area contributed by atoms with Crippen LogP contribution in [0.25, 0.3) is 0 Å². The zero-order valence-electron chi connectivity index (χ0n) is 12.4. The maximum absolute atomic E-state index is 12.2. The third-order valence-corrected chi connectivity index (χ3v) is 3.01. The number of anilines is 1. The van der Waals surface area contributed by atoms with Crippen molar-refractivity contribution < 1.29 is 14.7 Å². The summed E-state index contributed by atoms with van der Waals surface area (Å²) in [6.45, 7) is 3.38. The minimum atomic E-state index is -0.492. The number of benzene rings is 1. The summed E-state index contributed by atoms with van der Waals surface area (Å²) in [7, 11) is 0. The SMILES string of the molecule is Cc1cccc(NC(=O)c2nc[nH]c2C(=O)N[C@H](C)CO)c1. The van der Waals surface area contributed by atoms with Gasteiger partial charge in [-0.15, -0.1) is 0 Å². The fraction of sp³-hybridized carbons (Fsp3) is 0.267. The Morgan fingerprint density at radius 3 is 2.82 bits per heavy atom. The van der Waals surface area contributed by atoms with Crippen LogP contribution in [0.15, 0.2) is 30.6 Å². The van der Waals surface area contributed by atoms with Gasteiger partial charge in [0.1, 0.15) is 5.69 Å². The second kappa shape index (κ2) is 6.86. The van der Waals surface area contributed by atoms with E-state index in [4.69, 9.17) is 5.11 Å². The summed E-state index contributed by atoms with van der Waals surface area (Å²) in [6.07, 6.45) is 1.28. The van der Waals surface area contributed by atoms with Crippen LogP contribution in [-0.2, 0) is 0 Å². The predicted molar refractivity (Wildman–Crippen MR) is 81.7 cm³/mol. The van der Waals surface area contributed by atoms with Gasteiger partial charge in [-0.2, -0.15) is 0 Å². The second-order valence-electron chi connectivity index (χ2n) is 5.01. The molecule has 7 heteroatoms. The van der Waals surface area contributed by atoms with E-state index in [0.717, 1.165) is 5.56 Å². The van der Waals surface area contributed by atoms with Gasteiger partial charge in [0, 0.05) is 11.7 Å². The van der Waals surface area contributed by atoms with Crippen LogP contribution in [-0.4, -0.2) is 39.5 Å². The van der Waals surface area contributed by atoms with E-state index >= 15 is 0 Å². The number of hydrogen-bond acceptors (Lipinski definition) is 4. The Morgan fingerprint density at radius 2 is 2.14 bits per heavy atom. The van der Waals surface area contributed by atoms with Crippen molar-refractivity contribution >= 4 is 17.5 Å². The van der Waals surface area contributed by atoms with Gasteiger partial charge >= 0.3 is 0 Å². The number of hydrogen-bond donors (Lipinski definition) is 4. The van der Waals surface area contributed by atoms with Gasteiger partial charge < -0.3 is 20.7 Å². The van der Waals surface area contributed by atoms with E-state index in [1.807, 2.05) is 25.1 Å². The fourth-order valence-corrected chi connectivity index (χ4v) is 1.89. The molecule has 2 rings (SSSR count). The van der Waals surface area contributed by atoms with Gasteiger partial charge in [-0.05, 0) is 31.5 Å². The van der Waals surface area contributed by atoms with Gasteiger partial charge in [-0.3, -0.25) is 9.59 Å². The van der Waals surface area contributed by atoms with Gasteiger partial charge in [-0.1, -0.05) is 12.1 Å². The van der Waals surface area contributed by atoms with Crippen LogP contribution >= 0.6 is 0 Å². The molecule has 0 aliphatic rings. The molecule has 22 heavy (non-hydrogen) atoms. The highest BCUT2D eigenvalue weighted by Gasteiger charge is 2.21. The number of H-pyrrole nitrogens is 1. The second-order valence-corrected chi connectivity index (χ2v) is 5.01. The number of aliphatic hydroxyl groups is 1. The van der Waals surface area contributed by atoms with Gasteiger partial charge in [0.2, 0.25) is 0 Å². The van der Waals surface area contributed by atoms with Crippen molar-refractivity contribution in [2.24, 2.45) is 0 Å². The number of amides is 2. The number of carbonyl (C=O) groups is 2. The number of nitrogens with one attached hydrogen (secondary N) is 3. The third kappa shape index (κ3) is 3.70. The number of carbonyl (C=O) groups excluding carboxylic acids is 2. The summed E-state index contributed by atoms with van der Waals surface area (Å²) in [6, 6.07) is 6.90. The van der Waals surface area contributed by atoms with E-state index in [-0.39, 0.29) is 18.0 Å². The maximum atomic E-state index is 12.2. The molecule has 2 amide bonds. The molecule has 0 spiro atoms. The number of aromatic amines is 1. The summed E-state index contributed by atoms with van der Waals surface area (Å²) in [5.74, 6) is -0.970. The monoisotopic (exact) mass is 302 g/mol. The standard InChI is InChI=1S/C15H18N4O3/c1-9-4-3-5-11(6-9)19-15(22)13-12(16-8-17-13)14(21)18-10(2)7-20/h3-6,8,10,20H,7H2,1-2H3,(H,16,17)(H,18,21)(H,19,22)/t10-/m1/s1. The molecule has 1 heterocycles. The van der Waals surface area contributed by atoms with Crippen LogP contribution in [0.1, 0.15) is 33.5 Å². The molecule has 1 atom stereocenters.